The first-order valence-corrected chi connectivity index (χ1v) is 9.57. The highest BCUT2D eigenvalue weighted by Gasteiger charge is 2.45. The Morgan fingerprint density at radius 3 is 1.94 bits per heavy atom. The number of halogens is 7. The lowest BCUT2D eigenvalue weighted by molar-refractivity contribution is -0.413. The van der Waals surface area contributed by atoms with Crippen LogP contribution in [0.4, 0.5) is 30.7 Å². The summed E-state index contributed by atoms with van der Waals surface area (Å²) in [5.74, 6) is -12.2. The Kier molecular flexibility index (Phi) is 7.01. The van der Waals surface area contributed by atoms with E-state index in [1.54, 1.807) is 0 Å². The van der Waals surface area contributed by atoms with Crippen molar-refractivity contribution in [2.24, 2.45) is 5.92 Å². The van der Waals surface area contributed by atoms with Gasteiger partial charge < -0.3 is 18.9 Å². The summed E-state index contributed by atoms with van der Waals surface area (Å²) in [5.41, 5.74) is -2.19. The zero-order chi connectivity index (χ0) is 23.7. The Morgan fingerprint density at radius 2 is 1.47 bits per heavy atom. The molecule has 0 aliphatic carbocycles. The molecule has 4 nitrogen and oxygen atoms in total. The second-order valence-corrected chi connectivity index (χ2v) is 7.17. The SMILES string of the molecule is CCCC1COC(OC)(c2cc(F)c(C(F)(F)Oc3cc(F)c(F)c(F)c3)c(F)c2)OC1. The van der Waals surface area contributed by atoms with Crippen LogP contribution in [-0.4, -0.2) is 20.3 Å². The largest absolute Gasteiger partial charge is 0.432 e. The molecule has 176 valence electrons. The van der Waals surface area contributed by atoms with Crippen molar-refractivity contribution in [2.75, 3.05) is 20.3 Å². The molecule has 1 aliphatic rings. The molecule has 0 aromatic heterocycles. The van der Waals surface area contributed by atoms with Crippen LogP contribution in [0.2, 0.25) is 0 Å². The van der Waals surface area contributed by atoms with E-state index in [1.807, 2.05) is 6.92 Å². The van der Waals surface area contributed by atoms with Crippen molar-refractivity contribution in [1.29, 1.82) is 0 Å². The Bertz CT molecular complexity index is 929. The van der Waals surface area contributed by atoms with Gasteiger partial charge in [-0.1, -0.05) is 13.3 Å². The van der Waals surface area contributed by atoms with Crippen LogP contribution in [0.5, 0.6) is 5.75 Å². The van der Waals surface area contributed by atoms with Crippen LogP contribution in [0, 0.1) is 35.0 Å². The molecule has 32 heavy (non-hydrogen) atoms. The third-order valence-corrected chi connectivity index (χ3v) is 4.87. The maximum atomic E-state index is 14.6. The number of hydrogen-bond acceptors (Lipinski definition) is 4. The van der Waals surface area contributed by atoms with Crippen molar-refractivity contribution in [2.45, 2.75) is 31.8 Å². The van der Waals surface area contributed by atoms with E-state index in [-0.39, 0.29) is 36.8 Å². The summed E-state index contributed by atoms with van der Waals surface area (Å²) in [4.78, 5) is 0. The molecule has 2 aromatic rings. The fraction of sp³-hybridized carbons (Fsp3) is 0.429. The van der Waals surface area contributed by atoms with Crippen molar-refractivity contribution in [3.05, 3.63) is 64.5 Å². The molecule has 1 saturated heterocycles. The summed E-state index contributed by atoms with van der Waals surface area (Å²) < 4.78 is 118. The van der Waals surface area contributed by atoms with Gasteiger partial charge in [0.2, 0.25) is 0 Å². The van der Waals surface area contributed by atoms with Gasteiger partial charge in [-0.15, -0.1) is 0 Å². The van der Waals surface area contributed by atoms with Gasteiger partial charge in [-0.25, -0.2) is 22.0 Å². The summed E-state index contributed by atoms with van der Waals surface area (Å²) in [7, 11) is 1.15. The summed E-state index contributed by atoms with van der Waals surface area (Å²) in [5, 5.41) is 0. The first-order valence-electron chi connectivity index (χ1n) is 9.57. The molecule has 0 radical (unpaired) electrons. The van der Waals surface area contributed by atoms with Gasteiger partial charge in [0.1, 0.15) is 22.9 Å². The molecule has 0 saturated carbocycles. The van der Waals surface area contributed by atoms with Crippen LogP contribution >= 0.6 is 0 Å². The van der Waals surface area contributed by atoms with Crippen LogP contribution in [0.15, 0.2) is 24.3 Å². The standard InChI is InChI=1S/C21H19F7O4/c1-3-4-11-9-30-21(29-2,31-10-11)12-5-14(22)18(15(23)6-12)20(27,28)32-13-7-16(24)19(26)17(25)8-13/h5-8,11H,3-4,9-10H2,1-2H3. The number of ether oxygens (including phenoxy) is 4. The predicted octanol–water partition coefficient (Wildman–Crippen LogP) is 5.73. The number of benzene rings is 2. The molecule has 1 aliphatic heterocycles. The van der Waals surface area contributed by atoms with E-state index in [0.29, 0.717) is 12.1 Å². The fourth-order valence-electron chi connectivity index (χ4n) is 3.34. The molecule has 0 spiro atoms. The van der Waals surface area contributed by atoms with Gasteiger partial charge in [-0.3, -0.25) is 0 Å². The molecule has 1 fully saturated rings. The number of rotatable bonds is 7. The predicted molar refractivity (Wildman–Crippen MR) is 96.2 cm³/mol. The van der Waals surface area contributed by atoms with Crippen LogP contribution in [-0.2, 0) is 26.3 Å². The first-order chi connectivity index (χ1) is 15.0. The van der Waals surface area contributed by atoms with Crippen molar-refractivity contribution in [1.82, 2.24) is 0 Å². The maximum Gasteiger partial charge on any atom is 0.432 e. The average Bonchev–Trinajstić information content (AvgIpc) is 2.72. The summed E-state index contributed by atoms with van der Waals surface area (Å²) in [6.07, 6.45) is -3.08. The van der Waals surface area contributed by atoms with Gasteiger partial charge >= 0.3 is 12.1 Å². The minimum atomic E-state index is -4.70. The van der Waals surface area contributed by atoms with Gasteiger partial charge in [0, 0.05) is 30.7 Å². The minimum absolute atomic E-state index is 0.0199. The van der Waals surface area contributed by atoms with Gasteiger partial charge in [-0.2, -0.15) is 8.78 Å². The molecule has 0 atom stereocenters. The summed E-state index contributed by atoms with van der Waals surface area (Å²) in [6.45, 7) is 2.25. The van der Waals surface area contributed by atoms with E-state index < -0.39 is 52.5 Å². The zero-order valence-corrected chi connectivity index (χ0v) is 17.0. The molecule has 0 amide bonds. The summed E-state index contributed by atoms with van der Waals surface area (Å²) in [6, 6.07) is 1.27. The molecule has 0 bridgehead atoms. The lowest BCUT2D eigenvalue weighted by atomic mass is 10.0. The van der Waals surface area contributed by atoms with E-state index in [1.165, 1.54) is 0 Å². The van der Waals surface area contributed by atoms with Crippen molar-refractivity contribution < 1.29 is 49.7 Å². The lowest BCUT2D eigenvalue weighted by Crippen LogP contribution is -2.43. The van der Waals surface area contributed by atoms with E-state index in [4.69, 9.17) is 14.2 Å². The number of methoxy groups -OCH3 is 1. The molecular formula is C21H19F7O4. The average molecular weight is 468 g/mol. The monoisotopic (exact) mass is 468 g/mol. The Balaban J connectivity index is 1.91. The van der Waals surface area contributed by atoms with E-state index in [9.17, 15) is 30.7 Å². The normalized spacial score (nSPS) is 21.6. The fourth-order valence-corrected chi connectivity index (χ4v) is 3.34. The highest BCUT2D eigenvalue weighted by atomic mass is 19.3. The van der Waals surface area contributed by atoms with Crippen molar-refractivity contribution in [3.63, 3.8) is 0 Å². The minimum Gasteiger partial charge on any atom is -0.429 e. The van der Waals surface area contributed by atoms with Crippen LogP contribution in [0.1, 0.15) is 30.9 Å². The molecule has 1 heterocycles. The van der Waals surface area contributed by atoms with Gasteiger partial charge in [0.05, 0.1) is 13.2 Å². The second-order valence-electron chi connectivity index (χ2n) is 7.17. The third-order valence-electron chi connectivity index (χ3n) is 4.87. The van der Waals surface area contributed by atoms with Crippen LogP contribution < -0.4 is 4.74 Å². The smallest absolute Gasteiger partial charge is 0.429 e. The second kappa shape index (κ2) is 9.24. The van der Waals surface area contributed by atoms with Crippen LogP contribution in [0.25, 0.3) is 0 Å². The maximum absolute atomic E-state index is 14.6. The van der Waals surface area contributed by atoms with E-state index in [0.717, 1.165) is 20.0 Å². The highest BCUT2D eigenvalue weighted by Crippen LogP contribution is 2.40. The Labute approximate surface area is 178 Å². The molecule has 11 heteroatoms. The van der Waals surface area contributed by atoms with Crippen molar-refractivity contribution >= 4 is 0 Å². The van der Waals surface area contributed by atoms with Crippen molar-refractivity contribution in [3.8, 4) is 5.75 Å². The topological polar surface area (TPSA) is 36.9 Å². The highest BCUT2D eigenvalue weighted by molar-refractivity contribution is 5.32. The Hall–Kier alpha value is -2.37. The van der Waals surface area contributed by atoms with Crippen LogP contribution in [0.3, 0.4) is 0 Å². The Morgan fingerprint density at radius 1 is 0.938 bits per heavy atom. The molecule has 0 N–H and O–H groups in total. The van der Waals surface area contributed by atoms with E-state index in [2.05, 4.69) is 4.74 Å². The lowest BCUT2D eigenvalue weighted by Gasteiger charge is -2.39. The zero-order valence-electron chi connectivity index (χ0n) is 17.0. The molecule has 3 rings (SSSR count). The van der Waals surface area contributed by atoms with Gasteiger partial charge in [-0.05, 0) is 18.6 Å². The quantitative estimate of drug-likeness (QED) is 0.384. The van der Waals surface area contributed by atoms with Gasteiger partial charge in [0.15, 0.2) is 17.5 Å². The number of hydrogen-bond donors (Lipinski definition) is 0. The molecule has 2 aromatic carbocycles. The first kappa shape index (κ1) is 24.3. The molecular weight excluding hydrogens is 449 g/mol. The third kappa shape index (κ3) is 4.69. The summed E-state index contributed by atoms with van der Waals surface area (Å²) >= 11 is 0. The van der Waals surface area contributed by atoms with E-state index >= 15 is 0 Å². The molecule has 0 unspecified atom stereocenters. The van der Waals surface area contributed by atoms with Gasteiger partial charge in [0.25, 0.3) is 0 Å². The number of alkyl halides is 2.